The Hall–Kier alpha value is -1.91. The first-order chi connectivity index (χ1) is 9.08. The topological polar surface area (TPSA) is 46.6 Å². The highest BCUT2D eigenvalue weighted by atomic mass is 19.1. The molecule has 0 aromatic heterocycles. The number of hydrogen-bond acceptors (Lipinski definition) is 3. The normalized spacial score (nSPS) is 17.6. The van der Waals surface area contributed by atoms with E-state index < -0.39 is 11.9 Å². The number of fused-ring (bicyclic) bond motifs is 1. The third-order valence-electron chi connectivity index (χ3n) is 3.25. The Kier molecular flexibility index (Phi) is 3.83. The summed E-state index contributed by atoms with van der Waals surface area (Å²) in [6.45, 7) is 4.77. The van der Waals surface area contributed by atoms with Crippen molar-refractivity contribution in [3.63, 3.8) is 0 Å². The van der Waals surface area contributed by atoms with Crippen LogP contribution in [-0.2, 0) is 4.79 Å². The van der Waals surface area contributed by atoms with E-state index in [1.54, 1.807) is 4.90 Å². The van der Waals surface area contributed by atoms with Crippen molar-refractivity contribution in [1.82, 2.24) is 4.90 Å². The minimum atomic E-state index is -0.920. The van der Waals surface area contributed by atoms with E-state index in [0.29, 0.717) is 13.1 Å². The highest BCUT2D eigenvalue weighted by Crippen LogP contribution is 2.30. The van der Waals surface area contributed by atoms with Gasteiger partial charge < -0.3 is 9.64 Å². The van der Waals surface area contributed by atoms with Gasteiger partial charge in [0.2, 0.25) is 0 Å². The predicted molar refractivity (Wildman–Crippen MR) is 67.7 cm³/mol. The van der Waals surface area contributed by atoms with Crippen molar-refractivity contribution in [3.8, 4) is 5.75 Å². The lowest BCUT2D eigenvalue weighted by atomic mass is 9.99. The number of halogens is 1. The number of amides is 1. The summed E-state index contributed by atoms with van der Waals surface area (Å²) in [4.78, 5) is 25.7. The van der Waals surface area contributed by atoms with Crippen molar-refractivity contribution in [2.75, 3.05) is 13.1 Å². The first-order valence-electron chi connectivity index (χ1n) is 6.35. The molecule has 1 amide bonds. The summed E-state index contributed by atoms with van der Waals surface area (Å²) in [5, 5.41) is 0. The summed E-state index contributed by atoms with van der Waals surface area (Å²) in [5.41, 5.74) is 0.212. The molecule has 1 aromatic rings. The lowest BCUT2D eigenvalue weighted by molar-refractivity contribution is -0.138. The van der Waals surface area contributed by atoms with Gasteiger partial charge in [0.1, 0.15) is 0 Å². The van der Waals surface area contributed by atoms with Crippen molar-refractivity contribution in [2.24, 2.45) is 0 Å². The molecule has 1 atom stereocenters. The standard InChI is InChI=1S/C14H16FNO3/c1-3-16(4-2)14(18)12-8-11(17)9-6-5-7-10(15)13(9)19-12/h5-7,12H,3-4,8H2,1-2H3. The number of Topliss-reactive ketones (excluding diaryl/α,β-unsaturated/α-hetero) is 1. The zero-order chi connectivity index (χ0) is 14.0. The lowest BCUT2D eigenvalue weighted by Crippen LogP contribution is -2.44. The number of benzene rings is 1. The first kappa shape index (κ1) is 13.5. The van der Waals surface area contributed by atoms with E-state index in [2.05, 4.69) is 0 Å². The monoisotopic (exact) mass is 265 g/mol. The smallest absolute Gasteiger partial charge is 0.264 e. The fraction of sp³-hybridized carbons (Fsp3) is 0.429. The molecule has 0 fully saturated rings. The van der Waals surface area contributed by atoms with E-state index in [1.165, 1.54) is 18.2 Å². The summed E-state index contributed by atoms with van der Waals surface area (Å²) in [6, 6.07) is 4.19. The van der Waals surface area contributed by atoms with Crippen LogP contribution in [0.25, 0.3) is 0 Å². The van der Waals surface area contributed by atoms with Gasteiger partial charge in [-0.15, -0.1) is 0 Å². The SMILES string of the molecule is CCN(CC)C(=O)C1CC(=O)c2cccc(F)c2O1. The molecule has 0 N–H and O–H groups in total. The second kappa shape index (κ2) is 5.38. The van der Waals surface area contributed by atoms with Gasteiger partial charge in [0.15, 0.2) is 23.5 Å². The number of likely N-dealkylation sites (N-methyl/N-ethyl adjacent to an activating group) is 1. The first-order valence-corrected chi connectivity index (χ1v) is 6.35. The van der Waals surface area contributed by atoms with Crippen LogP contribution in [0.15, 0.2) is 18.2 Å². The molecule has 0 radical (unpaired) electrons. The molecule has 102 valence electrons. The van der Waals surface area contributed by atoms with Gasteiger partial charge in [-0.2, -0.15) is 0 Å². The number of ketones is 1. The minimum absolute atomic E-state index is 0.0359. The second-order valence-corrected chi connectivity index (χ2v) is 4.36. The van der Waals surface area contributed by atoms with Gasteiger partial charge in [-0.25, -0.2) is 4.39 Å². The Balaban J connectivity index is 2.28. The molecule has 1 aliphatic rings. The summed E-state index contributed by atoms with van der Waals surface area (Å²) < 4.78 is 19.0. The van der Waals surface area contributed by atoms with Crippen LogP contribution < -0.4 is 4.74 Å². The molecule has 1 unspecified atom stereocenters. The number of para-hydroxylation sites is 1. The quantitative estimate of drug-likeness (QED) is 0.840. The highest BCUT2D eigenvalue weighted by molar-refractivity contribution is 6.03. The van der Waals surface area contributed by atoms with Crippen LogP contribution in [0.1, 0.15) is 30.6 Å². The fourth-order valence-corrected chi connectivity index (χ4v) is 2.19. The van der Waals surface area contributed by atoms with Gasteiger partial charge in [-0.3, -0.25) is 9.59 Å². The molecule has 1 aliphatic heterocycles. The molecular formula is C14H16FNO3. The Bertz CT molecular complexity index is 511. The van der Waals surface area contributed by atoms with Gasteiger partial charge in [-0.05, 0) is 26.0 Å². The van der Waals surface area contributed by atoms with Crippen LogP contribution in [-0.4, -0.2) is 35.8 Å². The van der Waals surface area contributed by atoms with Crippen LogP contribution in [0.5, 0.6) is 5.75 Å². The lowest BCUT2D eigenvalue weighted by Gasteiger charge is -2.29. The second-order valence-electron chi connectivity index (χ2n) is 4.36. The van der Waals surface area contributed by atoms with Gasteiger partial charge in [-0.1, -0.05) is 6.07 Å². The molecule has 1 heterocycles. The van der Waals surface area contributed by atoms with Gasteiger partial charge in [0, 0.05) is 13.1 Å². The molecule has 5 heteroatoms. The Labute approximate surface area is 111 Å². The van der Waals surface area contributed by atoms with E-state index in [1.807, 2.05) is 13.8 Å². The van der Waals surface area contributed by atoms with E-state index in [4.69, 9.17) is 4.74 Å². The number of hydrogen-bond donors (Lipinski definition) is 0. The van der Waals surface area contributed by atoms with Crippen molar-refractivity contribution in [1.29, 1.82) is 0 Å². The van der Waals surface area contributed by atoms with Gasteiger partial charge >= 0.3 is 0 Å². The average Bonchev–Trinajstić information content (AvgIpc) is 2.41. The van der Waals surface area contributed by atoms with E-state index >= 15 is 0 Å². The maximum absolute atomic E-state index is 13.6. The molecular weight excluding hydrogens is 249 g/mol. The molecule has 2 rings (SSSR count). The van der Waals surface area contributed by atoms with Crippen LogP contribution in [0, 0.1) is 5.82 Å². The van der Waals surface area contributed by atoms with Gasteiger partial charge in [0.05, 0.1) is 12.0 Å². The van der Waals surface area contributed by atoms with Crippen molar-refractivity contribution in [2.45, 2.75) is 26.4 Å². The molecule has 4 nitrogen and oxygen atoms in total. The van der Waals surface area contributed by atoms with Crippen LogP contribution in [0.4, 0.5) is 4.39 Å². The summed E-state index contributed by atoms with van der Waals surface area (Å²) in [7, 11) is 0. The number of rotatable bonds is 3. The fourth-order valence-electron chi connectivity index (χ4n) is 2.19. The van der Waals surface area contributed by atoms with Crippen LogP contribution in [0.2, 0.25) is 0 Å². The predicted octanol–water partition coefficient (Wildman–Crippen LogP) is 2.03. The molecule has 0 spiro atoms. The van der Waals surface area contributed by atoms with Crippen LogP contribution >= 0.6 is 0 Å². The number of ether oxygens (including phenoxy) is 1. The van der Waals surface area contributed by atoms with E-state index in [9.17, 15) is 14.0 Å². The Morgan fingerprint density at radius 1 is 1.42 bits per heavy atom. The Morgan fingerprint density at radius 2 is 2.11 bits per heavy atom. The maximum Gasteiger partial charge on any atom is 0.264 e. The van der Waals surface area contributed by atoms with Gasteiger partial charge in [0.25, 0.3) is 5.91 Å². The molecule has 0 saturated carbocycles. The average molecular weight is 265 g/mol. The van der Waals surface area contributed by atoms with Crippen LogP contribution in [0.3, 0.4) is 0 Å². The molecule has 0 saturated heterocycles. The largest absolute Gasteiger partial charge is 0.476 e. The van der Waals surface area contributed by atoms with E-state index in [-0.39, 0.29) is 29.4 Å². The van der Waals surface area contributed by atoms with Crippen molar-refractivity contribution < 1.29 is 18.7 Å². The summed E-state index contributed by atoms with van der Waals surface area (Å²) >= 11 is 0. The highest BCUT2D eigenvalue weighted by Gasteiger charge is 2.34. The third kappa shape index (κ3) is 2.45. The molecule has 0 aliphatic carbocycles. The summed E-state index contributed by atoms with van der Waals surface area (Å²) in [5.74, 6) is -1.24. The summed E-state index contributed by atoms with van der Waals surface area (Å²) in [6.07, 6.45) is -0.956. The molecule has 19 heavy (non-hydrogen) atoms. The number of carbonyl (C=O) groups is 2. The van der Waals surface area contributed by atoms with Crippen molar-refractivity contribution >= 4 is 11.7 Å². The molecule has 0 bridgehead atoms. The number of carbonyl (C=O) groups excluding carboxylic acids is 2. The minimum Gasteiger partial charge on any atom is -0.476 e. The zero-order valence-corrected chi connectivity index (χ0v) is 11.0. The maximum atomic E-state index is 13.6. The number of nitrogens with zero attached hydrogens (tertiary/aromatic N) is 1. The zero-order valence-electron chi connectivity index (χ0n) is 11.0. The molecule has 1 aromatic carbocycles. The Morgan fingerprint density at radius 3 is 2.74 bits per heavy atom. The van der Waals surface area contributed by atoms with Crippen molar-refractivity contribution in [3.05, 3.63) is 29.6 Å². The van der Waals surface area contributed by atoms with E-state index in [0.717, 1.165) is 0 Å². The third-order valence-corrected chi connectivity index (χ3v) is 3.25.